The van der Waals surface area contributed by atoms with E-state index >= 15 is 0 Å². The van der Waals surface area contributed by atoms with Gasteiger partial charge in [0.25, 0.3) is 0 Å². The van der Waals surface area contributed by atoms with Crippen molar-refractivity contribution in [2.45, 2.75) is 6.92 Å². The summed E-state index contributed by atoms with van der Waals surface area (Å²) >= 11 is 5.74. The molecule has 8 nitrogen and oxygen atoms in total. The molecule has 110 valence electrons. The van der Waals surface area contributed by atoms with Gasteiger partial charge in [0.05, 0.1) is 18.1 Å². The number of morpholine rings is 1. The van der Waals surface area contributed by atoms with Gasteiger partial charge in [-0.2, -0.15) is 4.98 Å². The van der Waals surface area contributed by atoms with E-state index in [0.29, 0.717) is 6.54 Å². The maximum absolute atomic E-state index is 11.0. The highest BCUT2D eigenvalue weighted by molar-refractivity contribution is 6.28. The van der Waals surface area contributed by atoms with E-state index in [4.69, 9.17) is 16.3 Å². The molecule has 1 aromatic rings. The van der Waals surface area contributed by atoms with Gasteiger partial charge < -0.3 is 10.1 Å². The van der Waals surface area contributed by atoms with Gasteiger partial charge in [0.1, 0.15) is 5.69 Å². The van der Waals surface area contributed by atoms with Crippen LogP contribution in [0.1, 0.15) is 5.69 Å². The van der Waals surface area contributed by atoms with Crippen molar-refractivity contribution < 1.29 is 9.66 Å². The maximum Gasteiger partial charge on any atom is 0.332 e. The van der Waals surface area contributed by atoms with Gasteiger partial charge in [-0.25, -0.2) is 4.98 Å². The van der Waals surface area contributed by atoms with Crippen molar-refractivity contribution in [1.29, 1.82) is 0 Å². The quantitative estimate of drug-likeness (QED) is 0.494. The average Bonchev–Trinajstić information content (AvgIpc) is 2.38. The Bertz CT molecular complexity index is 493. The standard InChI is InChI=1S/C11H16ClN5O3/c1-8-9(17(18)19)10(15-11(12)14-8)13-2-3-16-4-6-20-7-5-16/h2-7H2,1H3,(H,13,14,15). The van der Waals surface area contributed by atoms with Crippen molar-refractivity contribution in [2.24, 2.45) is 0 Å². The summed E-state index contributed by atoms with van der Waals surface area (Å²) in [5.74, 6) is 0.167. The Labute approximate surface area is 121 Å². The Balaban J connectivity index is 1.99. The molecule has 20 heavy (non-hydrogen) atoms. The minimum absolute atomic E-state index is 0.00183. The van der Waals surface area contributed by atoms with Crippen molar-refractivity contribution in [1.82, 2.24) is 14.9 Å². The van der Waals surface area contributed by atoms with E-state index in [-0.39, 0.29) is 22.5 Å². The summed E-state index contributed by atoms with van der Waals surface area (Å²) in [5.41, 5.74) is 0.125. The van der Waals surface area contributed by atoms with Crippen LogP contribution in [0.15, 0.2) is 0 Å². The van der Waals surface area contributed by atoms with Gasteiger partial charge >= 0.3 is 5.69 Å². The smallest absolute Gasteiger partial charge is 0.332 e. The highest BCUT2D eigenvalue weighted by Gasteiger charge is 2.21. The normalized spacial score (nSPS) is 16.1. The van der Waals surface area contributed by atoms with E-state index in [0.717, 1.165) is 32.8 Å². The number of nitro groups is 1. The molecule has 2 heterocycles. The first kappa shape index (κ1) is 14.9. The van der Waals surface area contributed by atoms with Gasteiger partial charge in [0, 0.05) is 26.2 Å². The zero-order valence-corrected chi connectivity index (χ0v) is 11.9. The predicted molar refractivity (Wildman–Crippen MR) is 74.2 cm³/mol. The highest BCUT2D eigenvalue weighted by Crippen LogP contribution is 2.26. The van der Waals surface area contributed by atoms with E-state index in [1.807, 2.05) is 0 Å². The number of hydrogen-bond donors (Lipinski definition) is 1. The van der Waals surface area contributed by atoms with Crippen LogP contribution in [0, 0.1) is 17.0 Å². The number of rotatable bonds is 5. The molecule has 0 bridgehead atoms. The number of nitrogens with zero attached hydrogens (tertiary/aromatic N) is 4. The Morgan fingerprint density at radius 1 is 1.45 bits per heavy atom. The third-order valence-electron chi connectivity index (χ3n) is 3.04. The SMILES string of the molecule is Cc1nc(Cl)nc(NCCN2CCOCC2)c1[N+](=O)[O-]. The van der Waals surface area contributed by atoms with E-state index < -0.39 is 4.92 Å². The van der Waals surface area contributed by atoms with Crippen LogP contribution in [0.5, 0.6) is 0 Å². The number of aromatic nitrogens is 2. The monoisotopic (exact) mass is 301 g/mol. The molecule has 2 rings (SSSR count). The van der Waals surface area contributed by atoms with Crippen LogP contribution in [0.25, 0.3) is 0 Å². The van der Waals surface area contributed by atoms with Crippen LogP contribution in [0.2, 0.25) is 5.28 Å². The molecular weight excluding hydrogens is 286 g/mol. The Hall–Kier alpha value is -1.51. The fourth-order valence-corrected chi connectivity index (χ4v) is 2.24. The van der Waals surface area contributed by atoms with Gasteiger partial charge in [0.2, 0.25) is 11.1 Å². The Morgan fingerprint density at radius 2 is 2.15 bits per heavy atom. The molecule has 0 aromatic carbocycles. The predicted octanol–water partition coefficient (Wildman–Crippen LogP) is 1.09. The third kappa shape index (κ3) is 3.75. The largest absolute Gasteiger partial charge is 0.379 e. The summed E-state index contributed by atoms with van der Waals surface area (Å²) in [6.45, 7) is 6.03. The average molecular weight is 302 g/mol. The fraction of sp³-hybridized carbons (Fsp3) is 0.636. The molecule has 0 unspecified atom stereocenters. The van der Waals surface area contributed by atoms with Crippen molar-refractivity contribution >= 4 is 23.1 Å². The lowest BCUT2D eigenvalue weighted by Gasteiger charge is -2.26. The third-order valence-corrected chi connectivity index (χ3v) is 3.21. The van der Waals surface area contributed by atoms with Crippen LogP contribution in [-0.4, -0.2) is 59.2 Å². The molecule has 1 saturated heterocycles. The van der Waals surface area contributed by atoms with Crippen molar-refractivity contribution in [3.05, 3.63) is 21.1 Å². The molecule has 0 amide bonds. The van der Waals surface area contributed by atoms with Crippen molar-refractivity contribution in [3.63, 3.8) is 0 Å². The molecular formula is C11H16ClN5O3. The molecule has 0 atom stereocenters. The second kappa shape index (κ2) is 6.78. The molecule has 1 aliphatic rings. The summed E-state index contributed by atoms with van der Waals surface area (Å²) in [5, 5.41) is 14.0. The first-order valence-corrected chi connectivity index (χ1v) is 6.68. The number of aryl methyl sites for hydroxylation is 1. The van der Waals surface area contributed by atoms with Crippen LogP contribution in [0.3, 0.4) is 0 Å². The van der Waals surface area contributed by atoms with Crippen molar-refractivity contribution in [2.75, 3.05) is 44.7 Å². The van der Waals surface area contributed by atoms with Crippen LogP contribution < -0.4 is 5.32 Å². The van der Waals surface area contributed by atoms with Gasteiger partial charge in [0.15, 0.2) is 0 Å². The molecule has 0 spiro atoms. The van der Waals surface area contributed by atoms with Gasteiger partial charge in [-0.15, -0.1) is 0 Å². The summed E-state index contributed by atoms with van der Waals surface area (Å²) in [7, 11) is 0. The molecule has 1 aromatic heterocycles. The van der Waals surface area contributed by atoms with Crippen molar-refractivity contribution in [3.8, 4) is 0 Å². The van der Waals surface area contributed by atoms with Crippen LogP contribution >= 0.6 is 11.6 Å². The summed E-state index contributed by atoms with van der Waals surface area (Å²) < 4.78 is 5.26. The minimum atomic E-state index is -0.497. The fourth-order valence-electron chi connectivity index (χ4n) is 2.03. The lowest BCUT2D eigenvalue weighted by atomic mass is 10.3. The Kier molecular flexibility index (Phi) is 5.05. The molecule has 1 fully saturated rings. The first-order valence-electron chi connectivity index (χ1n) is 6.30. The number of nitrogens with one attached hydrogen (secondary N) is 1. The molecule has 1 aliphatic heterocycles. The van der Waals surface area contributed by atoms with E-state index in [1.165, 1.54) is 0 Å². The summed E-state index contributed by atoms with van der Waals surface area (Å²) in [6, 6.07) is 0. The molecule has 1 N–H and O–H groups in total. The lowest BCUT2D eigenvalue weighted by Crippen LogP contribution is -2.39. The highest BCUT2D eigenvalue weighted by atomic mass is 35.5. The number of hydrogen-bond acceptors (Lipinski definition) is 7. The molecule has 9 heteroatoms. The van der Waals surface area contributed by atoms with Gasteiger partial charge in [-0.05, 0) is 18.5 Å². The van der Waals surface area contributed by atoms with Crippen LogP contribution in [0.4, 0.5) is 11.5 Å². The minimum Gasteiger partial charge on any atom is -0.379 e. The lowest BCUT2D eigenvalue weighted by molar-refractivity contribution is -0.385. The molecule has 0 aliphatic carbocycles. The number of ether oxygens (including phenoxy) is 1. The molecule has 0 radical (unpaired) electrons. The second-order valence-electron chi connectivity index (χ2n) is 4.41. The van der Waals surface area contributed by atoms with Crippen LogP contribution in [-0.2, 0) is 4.74 Å². The number of anilines is 1. The maximum atomic E-state index is 11.0. The van der Waals surface area contributed by atoms with Gasteiger partial charge in [-0.1, -0.05) is 0 Å². The first-order chi connectivity index (χ1) is 9.58. The van der Waals surface area contributed by atoms with E-state index in [9.17, 15) is 10.1 Å². The van der Waals surface area contributed by atoms with Gasteiger partial charge in [-0.3, -0.25) is 15.0 Å². The summed E-state index contributed by atoms with van der Waals surface area (Å²) in [4.78, 5) is 20.5. The Morgan fingerprint density at radius 3 is 2.80 bits per heavy atom. The topological polar surface area (TPSA) is 93.4 Å². The van der Waals surface area contributed by atoms with E-state index in [1.54, 1.807) is 6.92 Å². The molecule has 0 saturated carbocycles. The second-order valence-corrected chi connectivity index (χ2v) is 4.75. The number of halogens is 1. The zero-order chi connectivity index (χ0) is 14.5. The summed E-state index contributed by atoms with van der Waals surface area (Å²) in [6.07, 6.45) is 0. The zero-order valence-electron chi connectivity index (χ0n) is 11.1. The van der Waals surface area contributed by atoms with E-state index in [2.05, 4.69) is 20.2 Å².